The summed E-state index contributed by atoms with van der Waals surface area (Å²) in [6.45, 7) is 1.73. The minimum atomic E-state index is -0.950. The molecule has 22 heavy (non-hydrogen) atoms. The van der Waals surface area contributed by atoms with E-state index in [4.69, 9.17) is 9.52 Å². The van der Waals surface area contributed by atoms with Crippen LogP contribution in [0.3, 0.4) is 0 Å². The quantitative estimate of drug-likeness (QED) is 0.885. The van der Waals surface area contributed by atoms with Crippen LogP contribution in [0.4, 0.5) is 5.69 Å². The van der Waals surface area contributed by atoms with Crippen molar-refractivity contribution < 1.29 is 19.1 Å². The van der Waals surface area contributed by atoms with Crippen molar-refractivity contribution in [2.45, 2.75) is 32.1 Å². The van der Waals surface area contributed by atoms with Crippen molar-refractivity contribution in [2.24, 2.45) is 0 Å². The number of amides is 1. The van der Waals surface area contributed by atoms with Gasteiger partial charge in [-0.1, -0.05) is 18.2 Å². The van der Waals surface area contributed by atoms with Crippen LogP contribution < -0.4 is 5.32 Å². The van der Waals surface area contributed by atoms with E-state index in [2.05, 4.69) is 10.3 Å². The molecular weight excluding hydrogens is 284 g/mol. The second kappa shape index (κ2) is 5.63. The van der Waals surface area contributed by atoms with Crippen LogP contribution in [0.1, 0.15) is 46.5 Å². The maximum Gasteiger partial charge on any atom is 0.307 e. The number of aryl methyl sites for hydroxylation is 1. The highest BCUT2D eigenvalue weighted by molar-refractivity contribution is 6.03. The summed E-state index contributed by atoms with van der Waals surface area (Å²) in [4.78, 5) is 27.5. The minimum Gasteiger partial charge on any atom is -0.481 e. The van der Waals surface area contributed by atoms with Gasteiger partial charge >= 0.3 is 5.97 Å². The lowest BCUT2D eigenvalue weighted by molar-refractivity contribution is -0.136. The maximum atomic E-state index is 12.3. The molecule has 1 aliphatic carbocycles. The smallest absolute Gasteiger partial charge is 0.307 e. The van der Waals surface area contributed by atoms with Crippen molar-refractivity contribution in [3.63, 3.8) is 0 Å². The first kappa shape index (κ1) is 14.3. The van der Waals surface area contributed by atoms with E-state index in [1.54, 1.807) is 31.2 Å². The number of hydrogen-bond donors (Lipinski definition) is 2. The van der Waals surface area contributed by atoms with Crippen molar-refractivity contribution in [3.8, 4) is 0 Å². The highest BCUT2D eigenvalue weighted by atomic mass is 16.4. The first-order valence-electron chi connectivity index (χ1n) is 7.13. The van der Waals surface area contributed by atoms with Gasteiger partial charge in [0.2, 0.25) is 5.76 Å². The molecule has 6 nitrogen and oxygen atoms in total. The second-order valence-corrected chi connectivity index (χ2v) is 5.42. The predicted octanol–water partition coefficient (Wildman–Crippen LogP) is 2.74. The third-order valence-electron chi connectivity index (χ3n) is 3.55. The number of carboxylic acids is 1. The van der Waals surface area contributed by atoms with Crippen molar-refractivity contribution in [2.75, 3.05) is 5.32 Å². The molecule has 0 aliphatic heterocycles. The van der Waals surface area contributed by atoms with Crippen LogP contribution in [0, 0.1) is 6.92 Å². The van der Waals surface area contributed by atoms with Crippen LogP contribution in [0.15, 0.2) is 28.7 Å². The van der Waals surface area contributed by atoms with E-state index in [1.165, 1.54) is 0 Å². The molecule has 114 valence electrons. The fourth-order valence-corrected chi connectivity index (χ4v) is 2.27. The van der Waals surface area contributed by atoms with Gasteiger partial charge < -0.3 is 14.8 Å². The molecule has 1 saturated carbocycles. The zero-order chi connectivity index (χ0) is 15.7. The number of aromatic nitrogens is 1. The predicted molar refractivity (Wildman–Crippen MR) is 79.0 cm³/mol. The molecule has 1 amide bonds. The Morgan fingerprint density at radius 3 is 2.77 bits per heavy atom. The number of benzene rings is 1. The number of nitrogens with zero attached hydrogens (tertiary/aromatic N) is 1. The minimum absolute atomic E-state index is 0.154. The van der Waals surface area contributed by atoms with E-state index in [0.717, 1.165) is 12.8 Å². The van der Waals surface area contributed by atoms with E-state index in [0.29, 0.717) is 28.8 Å². The number of aliphatic carboxylic acids is 1. The third-order valence-corrected chi connectivity index (χ3v) is 3.55. The maximum absolute atomic E-state index is 12.3. The van der Waals surface area contributed by atoms with Gasteiger partial charge in [-0.25, -0.2) is 4.98 Å². The number of carboxylic acid groups (broad SMARTS) is 1. The van der Waals surface area contributed by atoms with Crippen LogP contribution in [-0.2, 0) is 11.2 Å². The fourth-order valence-electron chi connectivity index (χ4n) is 2.27. The lowest BCUT2D eigenvalue weighted by Gasteiger charge is -2.08. The lowest BCUT2D eigenvalue weighted by Crippen LogP contribution is -2.14. The summed E-state index contributed by atoms with van der Waals surface area (Å²) < 4.78 is 5.55. The van der Waals surface area contributed by atoms with Crippen molar-refractivity contribution in [1.82, 2.24) is 4.98 Å². The van der Waals surface area contributed by atoms with Gasteiger partial charge in [-0.05, 0) is 31.4 Å². The van der Waals surface area contributed by atoms with Gasteiger partial charge in [0.05, 0.1) is 12.1 Å². The molecule has 6 heteroatoms. The molecule has 2 aromatic rings. The van der Waals surface area contributed by atoms with Crippen LogP contribution in [0.5, 0.6) is 0 Å². The number of carbonyl (C=O) groups is 2. The van der Waals surface area contributed by atoms with E-state index in [1.807, 2.05) is 0 Å². The zero-order valence-electron chi connectivity index (χ0n) is 12.1. The highest BCUT2D eigenvalue weighted by Gasteiger charge is 2.31. The summed E-state index contributed by atoms with van der Waals surface area (Å²) in [5, 5.41) is 11.6. The second-order valence-electron chi connectivity index (χ2n) is 5.42. The van der Waals surface area contributed by atoms with Gasteiger partial charge in [0.25, 0.3) is 5.91 Å². The number of rotatable bonds is 5. The Kier molecular flexibility index (Phi) is 3.66. The summed E-state index contributed by atoms with van der Waals surface area (Å²) in [5.41, 5.74) is 1.57. The highest BCUT2D eigenvalue weighted by Crippen LogP contribution is 2.40. The Balaban J connectivity index is 1.81. The molecule has 1 aliphatic rings. The normalized spacial score (nSPS) is 13.9. The number of oxazole rings is 1. The van der Waals surface area contributed by atoms with Crippen LogP contribution >= 0.6 is 0 Å². The summed E-state index contributed by atoms with van der Waals surface area (Å²) in [6.07, 6.45) is 1.93. The summed E-state index contributed by atoms with van der Waals surface area (Å²) in [7, 11) is 0. The molecule has 0 bridgehead atoms. The molecule has 0 radical (unpaired) electrons. The van der Waals surface area contributed by atoms with Gasteiger partial charge in [-0.15, -0.1) is 0 Å². The molecule has 0 spiro atoms. The van der Waals surface area contributed by atoms with E-state index in [-0.39, 0.29) is 12.2 Å². The summed E-state index contributed by atoms with van der Waals surface area (Å²) >= 11 is 0. The van der Waals surface area contributed by atoms with E-state index < -0.39 is 11.9 Å². The lowest BCUT2D eigenvalue weighted by atomic mass is 10.1. The van der Waals surface area contributed by atoms with Gasteiger partial charge in [-0.2, -0.15) is 0 Å². The van der Waals surface area contributed by atoms with Gasteiger partial charge in [0, 0.05) is 11.6 Å². The van der Waals surface area contributed by atoms with E-state index >= 15 is 0 Å². The first-order chi connectivity index (χ1) is 10.5. The SMILES string of the molecule is Cc1nc(C2CC2)oc1C(=O)Nc1ccccc1CC(=O)O. The number of anilines is 1. The average molecular weight is 300 g/mol. The van der Waals surface area contributed by atoms with Gasteiger partial charge in [0.1, 0.15) is 0 Å². The molecule has 0 unspecified atom stereocenters. The molecular formula is C16H16N2O4. The van der Waals surface area contributed by atoms with Crippen molar-refractivity contribution in [1.29, 1.82) is 0 Å². The Morgan fingerprint density at radius 1 is 1.36 bits per heavy atom. The Morgan fingerprint density at radius 2 is 2.09 bits per heavy atom. The number of nitrogens with one attached hydrogen (secondary N) is 1. The Labute approximate surface area is 127 Å². The monoisotopic (exact) mass is 300 g/mol. The molecule has 1 aromatic carbocycles. The van der Waals surface area contributed by atoms with Gasteiger partial charge in [-0.3, -0.25) is 9.59 Å². The summed E-state index contributed by atoms with van der Waals surface area (Å²) in [6, 6.07) is 6.82. The third kappa shape index (κ3) is 3.00. The topological polar surface area (TPSA) is 92.4 Å². The Bertz CT molecular complexity index is 731. The molecule has 0 atom stereocenters. The summed E-state index contributed by atoms with van der Waals surface area (Å²) in [5.74, 6) is -0.226. The molecule has 2 N–H and O–H groups in total. The molecule has 1 heterocycles. The Hall–Kier alpha value is -2.63. The molecule has 0 saturated heterocycles. The molecule has 3 rings (SSSR count). The van der Waals surface area contributed by atoms with Crippen LogP contribution in [0.2, 0.25) is 0 Å². The fraction of sp³-hybridized carbons (Fsp3) is 0.312. The van der Waals surface area contributed by atoms with Crippen molar-refractivity contribution >= 4 is 17.6 Å². The van der Waals surface area contributed by atoms with Crippen LogP contribution in [-0.4, -0.2) is 22.0 Å². The van der Waals surface area contributed by atoms with E-state index in [9.17, 15) is 9.59 Å². The average Bonchev–Trinajstić information content (AvgIpc) is 3.23. The largest absolute Gasteiger partial charge is 0.481 e. The molecule has 1 aromatic heterocycles. The number of hydrogen-bond acceptors (Lipinski definition) is 4. The molecule has 1 fully saturated rings. The number of para-hydroxylation sites is 1. The van der Waals surface area contributed by atoms with Crippen molar-refractivity contribution in [3.05, 3.63) is 47.2 Å². The van der Waals surface area contributed by atoms with Crippen LogP contribution in [0.25, 0.3) is 0 Å². The standard InChI is InChI=1S/C16H16N2O4/c1-9-14(22-16(17-9)10-6-7-10)15(21)18-12-5-3-2-4-11(12)8-13(19)20/h2-5,10H,6-8H2,1H3,(H,18,21)(H,19,20). The zero-order valence-corrected chi connectivity index (χ0v) is 12.1. The first-order valence-corrected chi connectivity index (χ1v) is 7.13. The number of carbonyl (C=O) groups excluding carboxylic acids is 1. The van der Waals surface area contributed by atoms with Gasteiger partial charge in [0.15, 0.2) is 5.89 Å².